The molecule has 0 fully saturated rings. The van der Waals surface area contributed by atoms with Gasteiger partial charge in [0.25, 0.3) is 5.56 Å². The molecule has 0 aliphatic heterocycles. The number of aromatic amines is 1. The Bertz CT molecular complexity index is 748. The first-order valence-electron chi connectivity index (χ1n) is 7.14. The van der Waals surface area contributed by atoms with Gasteiger partial charge in [0.15, 0.2) is 5.52 Å². The van der Waals surface area contributed by atoms with E-state index in [1.807, 2.05) is 20.8 Å². The van der Waals surface area contributed by atoms with Gasteiger partial charge in [-0.2, -0.15) is 10.0 Å². The van der Waals surface area contributed by atoms with Gasteiger partial charge in [0, 0.05) is 6.54 Å². The van der Waals surface area contributed by atoms with E-state index >= 15 is 0 Å². The molecular weight excluding hydrogens is 304 g/mol. The van der Waals surface area contributed by atoms with Gasteiger partial charge in [-0.1, -0.05) is 20.8 Å². The van der Waals surface area contributed by atoms with E-state index in [4.69, 9.17) is 15.4 Å². The van der Waals surface area contributed by atoms with Crippen molar-refractivity contribution >= 4 is 23.1 Å². The normalized spacial score (nSPS) is 13.0. The number of rotatable bonds is 6. The maximum atomic E-state index is 12.5. The molecule has 0 unspecified atom stereocenters. The number of hydrogen-bond acceptors (Lipinski definition) is 8. The largest absolute Gasteiger partial charge is 0.369 e. The standard InChI is InChI=1S/C13H20N6O4/c1-5-18(22-4)9(7(2)3)12(21)23-19-6-15-8-10(19)16-13(14)17-11(8)20/h6-7,9H,5H2,1-4H3,(H3,14,16,17,20)/t9-/m0/s1. The third kappa shape index (κ3) is 3.32. The van der Waals surface area contributed by atoms with Crippen LogP contribution in [0.5, 0.6) is 0 Å². The molecule has 3 N–H and O–H groups in total. The Morgan fingerprint density at radius 2 is 2.22 bits per heavy atom. The summed E-state index contributed by atoms with van der Waals surface area (Å²) in [6.07, 6.45) is 1.20. The number of anilines is 1. The van der Waals surface area contributed by atoms with E-state index in [-0.39, 0.29) is 23.0 Å². The Morgan fingerprint density at radius 3 is 2.78 bits per heavy atom. The van der Waals surface area contributed by atoms with Gasteiger partial charge in [0.05, 0.1) is 7.11 Å². The molecule has 1 atom stereocenters. The second kappa shape index (κ2) is 6.75. The Hall–Kier alpha value is -2.46. The molecule has 2 heterocycles. The number of hydroxylamine groups is 2. The predicted octanol–water partition coefficient (Wildman–Crippen LogP) is -0.435. The number of nitrogens with two attached hydrogens (primary N) is 1. The third-order valence-electron chi connectivity index (χ3n) is 3.31. The zero-order valence-corrected chi connectivity index (χ0v) is 13.4. The van der Waals surface area contributed by atoms with E-state index in [2.05, 4.69) is 15.0 Å². The summed E-state index contributed by atoms with van der Waals surface area (Å²) < 4.78 is 1.03. The molecule has 0 radical (unpaired) electrons. The van der Waals surface area contributed by atoms with Crippen molar-refractivity contribution in [2.24, 2.45) is 5.92 Å². The van der Waals surface area contributed by atoms with Crippen molar-refractivity contribution < 1.29 is 14.5 Å². The van der Waals surface area contributed by atoms with Gasteiger partial charge in [-0.3, -0.25) is 9.78 Å². The summed E-state index contributed by atoms with van der Waals surface area (Å²) in [4.78, 5) is 44.9. The van der Waals surface area contributed by atoms with Crippen LogP contribution in [0, 0.1) is 5.92 Å². The number of aromatic nitrogens is 4. The maximum absolute atomic E-state index is 12.5. The number of H-pyrrole nitrogens is 1. The highest BCUT2D eigenvalue weighted by Crippen LogP contribution is 2.13. The zero-order chi connectivity index (χ0) is 17.1. The minimum Gasteiger partial charge on any atom is -0.369 e. The molecule has 10 nitrogen and oxygen atoms in total. The third-order valence-corrected chi connectivity index (χ3v) is 3.31. The number of hydrogen-bond donors (Lipinski definition) is 2. The number of nitrogens with one attached hydrogen (secondary N) is 1. The average Bonchev–Trinajstić information content (AvgIpc) is 2.87. The van der Waals surface area contributed by atoms with Crippen LogP contribution in [0.2, 0.25) is 0 Å². The fourth-order valence-electron chi connectivity index (χ4n) is 2.29. The van der Waals surface area contributed by atoms with E-state index in [0.717, 1.165) is 4.73 Å². The van der Waals surface area contributed by atoms with Crippen LogP contribution < -0.4 is 16.1 Å². The van der Waals surface area contributed by atoms with E-state index in [1.165, 1.54) is 18.5 Å². The zero-order valence-electron chi connectivity index (χ0n) is 13.4. The summed E-state index contributed by atoms with van der Waals surface area (Å²) >= 11 is 0. The molecule has 10 heteroatoms. The molecule has 0 amide bonds. The molecule has 2 aromatic rings. The summed E-state index contributed by atoms with van der Waals surface area (Å²) in [6.45, 7) is 6.12. The molecular formula is C13H20N6O4. The fourth-order valence-corrected chi connectivity index (χ4v) is 2.29. The topological polar surface area (TPSA) is 128 Å². The number of carbonyl (C=O) groups excluding carboxylic acids is 1. The highest BCUT2D eigenvalue weighted by Gasteiger charge is 2.31. The quantitative estimate of drug-likeness (QED) is 0.685. The number of nitrogens with zero attached hydrogens (tertiary/aromatic N) is 4. The number of imidazole rings is 1. The summed E-state index contributed by atoms with van der Waals surface area (Å²) in [5.41, 5.74) is 5.11. The lowest BCUT2D eigenvalue weighted by molar-refractivity contribution is -0.193. The first kappa shape index (κ1) is 16.9. The van der Waals surface area contributed by atoms with Gasteiger partial charge in [-0.25, -0.2) is 9.78 Å². The lowest BCUT2D eigenvalue weighted by Gasteiger charge is -2.29. The Balaban J connectivity index is 2.34. The van der Waals surface area contributed by atoms with Gasteiger partial charge in [0.1, 0.15) is 12.4 Å². The Labute approximate surface area is 132 Å². The Morgan fingerprint density at radius 1 is 1.52 bits per heavy atom. The average molecular weight is 324 g/mol. The molecule has 0 bridgehead atoms. The van der Waals surface area contributed by atoms with Gasteiger partial charge in [0.2, 0.25) is 11.6 Å². The smallest absolute Gasteiger partial charge is 0.352 e. The van der Waals surface area contributed by atoms with Crippen LogP contribution >= 0.6 is 0 Å². The number of carbonyl (C=O) groups is 1. The van der Waals surface area contributed by atoms with Crippen LogP contribution in [-0.2, 0) is 9.63 Å². The van der Waals surface area contributed by atoms with Gasteiger partial charge >= 0.3 is 5.97 Å². The molecule has 23 heavy (non-hydrogen) atoms. The van der Waals surface area contributed by atoms with Crippen LogP contribution in [0.4, 0.5) is 5.95 Å². The molecule has 0 saturated heterocycles. The lowest BCUT2D eigenvalue weighted by atomic mass is 10.0. The van der Waals surface area contributed by atoms with Gasteiger partial charge < -0.3 is 15.4 Å². The second-order valence-electron chi connectivity index (χ2n) is 5.21. The minimum atomic E-state index is -0.623. The molecule has 0 saturated carbocycles. The lowest BCUT2D eigenvalue weighted by Crippen LogP contribution is -2.47. The molecule has 0 aliphatic carbocycles. The monoisotopic (exact) mass is 324 g/mol. The summed E-state index contributed by atoms with van der Waals surface area (Å²) in [5, 5.41) is 1.51. The van der Waals surface area contributed by atoms with Crippen LogP contribution in [0.1, 0.15) is 20.8 Å². The number of likely N-dealkylation sites (N-methyl/N-ethyl adjacent to an activating group) is 1. The highest BCUT2D eigenvalue weighted by molar-refractivity contribution is 5.77. The van der Waals surface area contributed by atoms with Crippen molar-refractivity contribution in [3.05, 3.63) is 16.7 Å². The SMILES string of the molecule is CCN(OC)[C@H](C(=O)On1cnc2c(=O)[nH]c(N)nc21)C(C)C. The minimum absolute atomic E-state index is 0.0344. The van der Waals surface area contributed by atoms with Crippen LogP contribution in [-0.4, -0.2) is 50.4 Å². The van der Waals surface area contributed by atoms with Gasteiger partial charge in [-0.15, -0.1) is 4.73 Å². The predicted molar refractivity (Wildman–Crippen MR) is 82.2 cm³/mol. The molecule has 0 spiro atoms. The summed E-state index contributed by atoms with van der Waals surface area (Å²) in [5.74, 6) is -0.699. The van der Waals surface area contributed by atoms with E-state index in [0.29, 0.717) is 6.54 Å². The van der Waals surface area contributed by atoms with E-state index in [1.54, 1.807) is 0 Å². The van der Waals surface area contributed by atoms with Crippen molar-refractivity contribution in [1.29, 1.82) is 0 Å². The molecule has 0 aliphatic rings. The Kier molecular flexibility index (Phi) is 4.96. The first-order valence-corrected chi connectivity index (χ1v) is 7.14. The highest BCUT2D eigenvalue weighted by atomic mass is 16.7. The van der Waals surface area contributed by atoms with Crippen LogP contribution in [0.3, 0.4) is 0 Å². The molecule has 126 valence electrons. The summed E-state index contributed by atoms with van der Waals surface area (Å²) in [7, 11) is 1.49. The van der Waals surface area contributed by atoms with Crippen LogP contribution in [0.15, 0.2) is 11.1 Å². The second-order valence-corrected chi connectivity index (χ2v) is 5.21. The molecule has 2 aromatic heterocycles. The van der Waals surface area contributed by atoms with Gasteiger partial charge in [-0.05, 0) is 5.92 Å². The number of fused-ring (bicyclic) bond motifs is 1. The fraction of sp³-hybridized carbons (Fsp3) is 0.538. The van der Waals surface area contributed by atoms with Crippen molar-refractivity contribution in [3.8, 4) is 0 Å². The van der Waals surface area contributed by atoms with E-state index < -0.39 is 17.6 Å². The van der Waals surface area contributed by atoms with Crippen LogP contribution in [0.25, 0.3) is 11.2 Å². The molecule has 0 aromatic carbocycles. The summed E-state index contributed by atoms with van der Waals surface area (Å²) in [6, 6.07) is -0.623. The maximum Gasteiger partial charge on any atom is 0.352 e. The van der Waals surface area contributed by atoms with Crippen molar-refractivity contribution in [1.82, 2.24) is 24.7 Å². The molecule has 2 rings (SSSR count). The number of nitrogen functional groups attached to an aromatic ring is 1. The van der Waals surface area contributed by atoms with Crippen molar-refractivity contribution in [2.45, 2.75) is 26.8 Å². The van der Waals surface area contributed by atoms with Crippen molar-refractivity contribution in [2.75, 3.05) is 19.4 Å². The first-order chi connectivity index (χ1) is 10.9. The van der Waals surface area contributed by atoms with Crippen molar-refractivity contribution in [3.63, 3.8) is 0 Å². The van der Waals surface area contributed by atoms with E-state index in [9.17, 15) is 9.59 Å².